The van der Waals surface area contributed by atoms with Crippen molar-refractivity contribution in [2.45, 2.75) is 27.1 Å². The fraction of sp³-hybridized carbons (Fsp3) is 0.471. The number of aliphatic imine (C=N–C) groups is 1. The molecule has 1 aromatic rings. The molecule has 2 aliphatic heterocycles. The summed E-state index contributed by atoms with van der Waals surface area (Å²) in [5, 5.41) is 3.20. The molecule has 118 valence electrons. The van der Waals surface area contributed by atoms with Crippen LogP contribution in [0.15, 0.2) is 34.6 Å². The molecule has 0 atom stereocenters. The van der Waals surface area contributed by atoms with Crippen LogP contribution < -0.4 is 10.1 Å². The average Bonchev–Trinajstić information content (AvgIpc) is 3.01. The SMILES string of the molecule is Cc1cc(OC2=C(C(C)C)C=NCN2)cc(C2OCCO2)c1. The molecule has 1 fully saturated rings. The molecule has 1 aromatic carbocycles. The molecular formula is C17H22N2O3. The van der Waals surface area contributed by atoms with Crippen LogP contribution in [0.4, 0.5) is 0 Å². The second kappa shape index (κ2) is 6.50. The average molecular weight is 302 g/mol. The largest absolute Gasteiger partial charge is 0.441 e. The number of nitrogens with zero attached hydrogens (tertiary/aromatic N) is 1. The summed E-state index contributed by atoms with van der Waals surface area (Å²) in [6, 6.07) is 6.05. The maximum Gasteiger partial charge on any atom is 0.199 e. The Morgan fingerprint density at radius 3 is 2.73 bits per heavy atom. The molecule has 0 radical (unpaired) electrons. The van der Waals surface area contributed by atoms with E-state index in [0.29, 0.717) is 25.8 Å². The Hall–Kier alpha value is -1.85. The second-order valence-corrected chi connectivity index (χ2v) is 5.84. The first-order valence-corrected chi connectivity index (χ1v) is 7.64. The molecule has 22 heavy (non-hydrogen) atoms. The summed E-state index contributed by atoms with van der Waals surface area (Å²) in [6.07, 6.45) is 1.60. The summed E-state index contributed by atoms with van der Waals surface area (Å²) in [5.41, 5.74) is 3.18. The van der Waals surface area contributed by atoms with Gasteiger partial charge in [-0.2, -0.15) is 0 Å². The molecule has 0 amide bonds. The molecule has 0 saturated carbocycles. The van der Waals surface area contributed by atoms with Gasteiger partial charge in [0.15, 0.2) is 12.2 Å². The third-order valence-corrected chi connectivity index (χ3v) is 3.63. The van der Waals surface area contributed by atoms with Gasteiger partial charge < -0.3 is 19.5 Å². The van der Waals surface area contributed by atoms with Crippen LogP contribution in [-0.2, 0) is 9.47 Å². The molecule has 3 rings (SSSR count). The van der Waals surface area contributed by atoms with Crippen LogP contribution in [0, 0.1) is 12.8 Å². The van der Waals surface area contributed by atoms with E-state index >= 15 is 0 Å². The third kappa shape index (κ3) is 3.31. The summed E-state index contributed by atoms with van der Waals surface area (Å²) in [5.74, 6) is 1.90. The van der Waals surface area contributed by atoms with E-state index in [1.807, 2.05) is 25.3 Å². The highest BCUT2D eigenvalue weighted by atomic mass is 16.7. The van der Waals surface area contributed by atoms with E-state index in [1.54, 1.807) is 0 Å². The van der Waals surface area contributed by atoms with E-state index in [9.17, 15) is 0 Å². The highest BCUT2D eigenvalue weighted by Crippen LogP contribution is 2.29. The number of allylic oxidation sites excluding steroid dienone is 1. The van der Waals surface area contributed by atoms with Crippen LogP contribution in [0.5, 0.6) is 5.75 Å². The van der Waals surface area contributed by atoms with Gasteiger partial charge in [-0.05, 0) is 30.5 Å². The van der Waals surface area contributed by atoms with Crippen molar-refractivity contribution in [2.75, 3.05) is 19.9 Å². The lowest BCUT2D eigenvalue weighted by Crippen LogP contribution is -2.26. The molecule has 0 unspecified atom stereocenters. The molecule has 0 spiro atoms. The Kier molecular flexibility index (Phi) is 4.45. The number of benzene rings is 1. The Morgan fingerprint density at radius 1 is 1.23 bits per heavy atom. The molecule has 5 heteroatoms. The van der Waals surface area contributed by atoms with Crippen LogP contribution in [0.25, 0.3) is 0 Å². The summed E-state index contributed by atoms with van der Waals surface area (Å²) < 4.78 is 17.2. The number of hydrogen-bond donors (Lipinski definition) is 1. The zero-order chi connectivity index (χ0) is 15.5. The van der Waals surface area contributed by atoms with Gasteiger partial charge in [-0.15, -0.1) is 0 Å². The van der Waals surface area contributed by atoms with Gasteiger partial charge in [0.25, 0.3) is 0 Å². The summed E-state index contributed by atoms with van der Waals surface area (Å²) in [4.78, 5) is 4.26. The molecule has 1 saturated heterocycles. The summed E-state index contributed by atoms with van der Waals surface area (Å²) in [6.45, 7) is 8.10. The quantitative estimate of drug-likeness (QED) is 0.929. The number of nitrogens with one attached hydrogen (secondary N) is 1. The predicted molar refractivity (Wildman–Crippen MR) is 84.8 cm³/mol. The topological polar surface area (TPSA) is 52.1 Å². The van der Waals surface area contributed by atoms with Crippen molar-refractivity contribution in [3.05, 3.63) is 40.8 Å². The standard InChI is InChI=1S/C17H22N2O3/c1-11(2)15-9-18-10-19-16(15)22-14-7-12(3)6-13(8-14)17-20-4-5-21-17/h6-9,11,17,19H,4-5,10H2,1-3H3. The van der Waals surface area contributed by atoms with Gasteiger partial charge in [0, 0.05) is 17.4 Å². The number of ether oxygens (including phenoxy) is 3. The van der Waals surface area contributed by atoms with Gasteiger partial charge in [-0.3, -0.25) is 4.99 Å². The molecule has 0 bridgehead atoms. The van der Waals surface area contributed by atoms with Crippen molar-refractivity contribution in [2.24, 2.45) is 10.9 Å². The van der Waals surface area contributed by atoms with Gasteiger partial charge >= 0.3 is 0 Å². The smallest absolute Gasteiger partial charge is 0.199 e. The van der Waals surface area contributed by atoms with E-state index in [4.69, 9.17) is 14.2 Å². The fourth-order valence-corrected chi connectivity index (χ4v) is 2.57. The minimum Gasteiger partial charge on any atom is -0.441 e. The fourth-order valence-electron chi connectivity index (χ4n) is 2.57. The van der Waals surface area contributed by atoms with Gasteiger partial charge in [-0.1, -0.05) is 19.9 Å². The number of aryl methyl sites for hydroxylation is 1. The first kappa shape index (κ1) is 15.1. The van der Waals surface area contributed by atoms with Gasteiger partial charge in [0.1, 0.15) is 12.4 Å². The lowest BCUT2D eigenvalue weighted by molar-refractivity contribution is -0.0442. The lowest BCUT2D eigenvalue weighted by atomic mass is 10.0. The highest BCUT2D eigenvalue weighted by Gasteiger charge is 2.20. The van der Waals surface area contributed by atoms with E-state index in [1.165, 1.54) is 0 Å². The second-order valence-electron chi connectivity index (χ2n) is 5.84. The predicted octanol–water partition coefficient (Wildman–Crippen LogP) is 2.92. The van der Waals surface area contributed by atoms with E-state index in [-0.39, 0.29) is 6.29 Å². The van der Waals surface area contributed by atoms with Crippen LogP contribution >= 0.6 is 0 Å². The van der Waals surface area contributed by atoms with E-state index in [2.05, 4.69) is 30.2 Å². The number of rotatable bonds is 4. The van der Waals surface area contributed by atoms with Crippen molar-refractivity contribution in [1.82, 2.24) is 5.32 Å². The first-order chi connectivity index (χ1) is 10.6. The van der Waals surface area contributed by atoms with Crippen molar-refractivity contribution >= 4 is 6.21 Å². The maximum atomic E-state index is 6.08. The zero-order valence-corrected chi connectivity index (χ0v) is 13.3. The van der Waals surface area contributed by atoms with Gasteiger partial charge in [-0.25, -0.2) is 0 Å². The zero-order valence-electron chi connectivity index (χ0n) is 13.3. The van der Waals surface area contributed by atoms with Crippen LogP contribution in [0.3, 0.4) is 0 Å². The Morgan fingerprint density at radius 2 is 2.00 bits per heavy atom. The number of hydrogen-bond acceptors (Lipinski definition) is 5. The molecule has 5 nitrogen and oxygen atoms in total. The minimum atomic E-state index is -0.290. The minimum absolute atomic E-state index is 0.290. The molecular weight excluding hydrogens is 280 g/mol. The monoisotopic (exact) mass is 302 g/mol. The van der Waals surface area contributed by atoms with E-state index in [0.717, 1.165) is 28.3 Å². The highest BCUT2D eigenvalue weighted by molar-refractivity contribution is 5.80. The van der Waals surface area contributed by atoms with Crippen LogP contribution in [-0.4, -0.2) is 26.1 Å². The van der Waals surface area contributed by atoms with Crippen molar-refractivity contribution < 1.29 is 14.2 Å². The maximum absolute atomic E-state index is 6.08. The Labute approximate surface area is 131 Å². The van der Waals surface area contributed by atoms with Crippen molar-refractivity contribution in [1.29, 1.82) is 0 Å². The van der Waals surface area contributed by atoms with Crippen LogP contribution in [0.2, 0.25) is 0 Å². The molecule has 2 heterocycles. The Bertz CT molecular complexity index is 602. The Balaban J connectivity index is 1.86. The normalized spacial score (nSPS) is 18.9. The molecule has 1 N–H and O–H groups in total. The molecule has 0 aromatic heterocycles. The third-order valence-electron chi connectivity index (χ3n) is 3.63. The van der Waals surface area contributed by atoms with Gasteiger partial charge in [0.2, 0.25) is 0 Å². The van der Waals surface area contributed by atoms with Crippen molar-refractivity contribution in [3.8, 4) is 5.75 Å². The van der Waals surface area contributed by atoms with Crippen LogP contribution in [0.1, 0.15) is 31.3 Å². The lowest BCUT2D eigenvalue weighted by Gasteiger charge is -2.21. The first-order valence-electron chi connectivity index (χ1n) is 7.64. The van der Waals surface area contributed by atoms with Gasteiger partial charge in [0.05, 0.1) is 13.2 Å². The van der Waals surface area contributed by atoms with E-state index < -0.39 is 0 Å². The molecule has 2 aliphatic rings. The molecule has 0 aliphatic carbocycles. The summed E-state index contributed by atoms with van der Waals surface area (Å²) >= 11 is 0. The van der Waals surface area contributed by atoms with Crippen molar-refractivity contribution in [3.63, 3.8) is 0 Å². The summed E-state index contributed by atoms with van der Waals surface area (Å²) in [7, 11) is 0.